The smallest absolute Gasteiger partial charge is 0.281 e. The fourth-order valence-corrected chi connectivity index (χ4v) is 3.81. The van der Waals surface area contributed by atoms with Gasteiger partial charge in [-0.3, -0.25) is 9.20 Å². The van der Waals surface area contributed by atoms with Crippen LogP contribution in [0.1, 0.15) is 10.4 Å². The van der Waals surface area contributed by atoms with Crippen molar-refractivity contribution in [3.63, 3.8) is 0 Å². The Morgan fingerprint density at radius 3 is 2.50 bits per heavy atom. The van der Waals surface area contributed by atoms with Gasteiger partial charge in [0.05, 0.1) is 16.6 Å². The van der Waals surface area contributed by atoms with Crippen LogP contribution in [0.25, 0.3) is 27.1 Å². The lowest BCUT2D eigenvalue weighted by Crippen LogP contribution is -2.09. The van der Waals surface area contributed by atoms with Crippen LogP contribution in [0.5, 0.6) is 0 Å². The standard InChI is InChI=1S/C18H14N2OS/c1-11-7-9-13(10-8-11)16-12(2)22-18-19-17(21)14-5-3-4-6-15(14)20(16)18/h3-10H,1-2H3. The van der Waals surface area contributed by atoms with E-state index in [0.29, 0.717) is 5.39 Å². The average Bonchev–Trinajstić information content (AvgIpc) is 2.84. The summed E-state index contributed by atoms with van der Waals surface area (Å²) in [7, 11) is 0. The van der Waals surface area contributed by atoms with Crippen molar-refractivity contribution in [2.24, 2.45) is 0 Å². The van der Waals surface area contributed by atoms with Gasteiger partial charge in [0.1, 0.15) is 0 Å². The number of nitrogens with zero attached hydrogens (tertiary/aromatic N) is 2. The molecule has 4 rings (SSSR count). The minimum absolute atomic E-state index is 0.160. The molecule has 0 fully saturated rings. The summed E-state index contributed by atoms with van der Waals surface area (Å²) in [6, 6.07) is 16.1. The van der Waals surface area contributed by atoms with Gasteiger partial charge in [-0.15, -0.1) is 11.3 Å². The van der Waals surface area contributed by atoms with Crippen LogP contribution < -0.4 is 5.56 Å². The predicted octanol–water partition coefficient (Wildman–Crippen LogP) is 4.19. The second-order valence-corrected chi connectivity index (χ2v) is 6.61. The SMILES string of the molecule is Cc1ccc(-c2c(C)sc3nc(=O)c4ccccc4n23)cc1. The zero-order chi connectivity index (χ0) is 15.3. The Kier molecular flexibility index (Phi) is 2.87. The van der Waals surface area contributed by atoms with Gasteiger partial charge in [-0.05, 0) is 31.5 Å². The molecule has 2 aromatic carbocycles. The zero-order valence-corrected chi connectivity index (χ0v) is 13.1. The van der Waals surface area contributed by atoms with Crippen LogP contribution in [0.4, 0.5) is 0 Å². The Labute approximate surface area is 131 Å². The maximum absolute atomic E-state index is 12.2. The molecule has 0 N–H and O–H groups in total. The quantitative estimate of drug-likeness (QED) is 0.528. The molecule has 0 saturated carbocycles. The highest BCUT2D eigenvalue weighted by molar-refractivity contribution is 7.17. The van der Waals surface area contributed by atoms with E-state index in [0.717, 1.165) is 26.6 Å². The number of para-hydroxylation sites is 1. The largest absolute Gasteiger partial charge is 0.284 e. The number of hydrogen-bond acceptors (Lipinski definition) is 3. The molecule has 0 aliphatic carbocycles. The van der Waals surface area contributed by atoms with Crippen molar-refractivity contribution in [3.8, 4) is 11.3 Å². The van der Waals surface area contributed by atoms with Crippen molar-refractivity contribution in [2.75, 3.05) is 0 Å². The molecular formula is C18H14N2OS. The van der Waals surface area contributed by atoms with Crippen LogP contribution in [-0.2, 0) is 0 Å². The first-order valence-corrected chi connectivity index (χ1v) is 7.95. The second kappa shape index (κ2) is 4.78. The molecular weight excluding hydrogens is 292 g/mol. The third kappa shape index (κ3) is 1.88. The molecule has 0 saturated heterocycles. The lowest BCUT2D eigenvalue weighted by atomic mass is 10.1. The van der Waals surface area contributed by atoms with Gasteiger partial charge in [0, 0.05) is 4.88 Å². The molecule has 0 aliphatic rings. The van der Waals surface area contributed by atoms with Crippen LogP contribution >= 0.6 is 11.3 Å². The summed E-state index contributed by atoms with van der Waals surface area (Å²) in [5.74, 6) is 0. The van der Waals surface area contributed by atoms with E-state index in [-0.39, 0.29) is 5.56 Å². The van der Waals surface area contributed by atoms with E-state index in [2.05, 4.69) is 47.5 Å². The minimum Gasteiger partial charge on any atom is -0.284 e. The van der Waals surface area contributed by atoms with E-state index in [1.54, 1.807) is 11.3 Å². The molecule has 0 atom stereocenters. The van der Waals surface area contributed by atoms with Gasteiger partial charge in [0.15, 0.2) is 4.96 Å². The highest BCUT2D eigenvalue weighted by atomic mass is 32.1. The van der Waals surface area contributed by atoms with Crippen molar-refractivity contribution in [1.29, 1.82) is 0 Å². The van der Waals surface area contributed by atoms with Crippen LogP contribution in [0.2, 0.25) is 0 Å². The molecule has 0 radical (unpaired) electrons. The second-order valence-electron chi connectivity index (χ2n) is 5.42. The summed E-state index contributed by atoms with van der Waals surface area (Å²) in [5.41, 5.74) is 4.24. The number of thiazole rings is 1. The van der Waals surface area contributed by atoms with Crippen LogP contribution in [0, 0.1) is 13.8 Å². The number of rotatable bonds is 1. The van der Waals surface area contributed by atoms with E-state index in [4.69, 9.17) is 0 Å². The van der Waals surface area contributed by atoms with Gasteiger partial charge >= 0.3 is 0 Å². The Hall–Kier alpha value is -2.46. The fraction of sp³-hybridized carbons (Fsp3) is 0.111. The van der Waals surface area contributed by atoms with E-state index in [1.807, 2.05) is 24.3 Å². The highest BCUT2D eigenvalue weighted by Gasteiger charge is 2.15. The zero-order valence-electron chi connectivity index (χ0n) is 12.3. The molecule has 4 heteroatoms. The number of hydrogen-bond donors (Lipinski definition) is 0. The maximum Gasteiger partial charge on any atom is 0.281 e. The molecule has 0 unspecified atom stereocenters. The van der Waals surface area contributed by atoms with Crippen molar-refractivity contribution in [2.45, 2.75) is 13.8 Å². The number of aryl methyl sites for hydroxylation is 2. The van der Waals surface area contributed by atoms with Crippen LogP contribution in [0.15, 0.2) is 53.3 Å². The molecule has 108 valence electrons. The third-order valence-corrected chi connectivity index (χ3v) is 4.85. The molecule has 4 aromatic rings. The van der Waals surface area contributed by atoms with Crippen LogP contribution in [-0.4, -0.2) is 9.38 Å². The van der Waals surface area contributed by atoms with Crippen molar-refractivity contribution < 1.29 is 0 Å². The summed E-state index contributed by atoms with van der Waals surface area (Å²) in [6.07, 6.45) is 0. The van der Waals surface area contributed by atoms with Crippen LogP contribution in [0.3, 0.4) is 0 Å². The molecule has 3 nitrogen and oxygen atoms in total. The third-order valence-electron chi connectivity index (χ3n) is 3.89. The summed E-state index contributed by atoms with van der Waals surface area (Å²) in [6.45, 7) is 4.16. The fourth-order valence-electron chi connectivity index (χ4n) is 2.82. The summed E-state index contributed by atoms with van der Waals surface area (Å²) in [5, 5.41) is 0.658. The molecule has 2 aromatic heterocycles. The molecule has 0 amide bonds. The van der Waals surface area contributed by atoms with Crippen molar-refractivity contribution in [1.82, 2.24) is 9.38 Å². The van der Waals surface area contributed by atoms with E-state index < -0.39 is 0 Å². The van der Waals surface area contributed by atoms with E-state index in [9.17, 15) is 4.79 Å². The van der Waals surface area contributed by atoms with Gasteiger partial charge in [-0.1, -0.05) is 42.0 Å². The normalized spacial score (nSPS) is 11.4. The first-order valence-electron chi connectivity index (χ1n) is 7.13. The van der Waals surface area contributed by atoms with Gasteiger partial charge in [0.2, 0.25) is 0 Å². The topological polar surface area (TPSA) is 34.4 Å². The van der Waals surface area contributed by atoms with Gasteiger partial charge in [-0.2, -0.15) is 4.98 Å². The minimum atomic E-state index is -0.160. The van der Waals surface area contributed by atoms with E-state index >= 15 is 0 Å². The van der Waals surface area contributed by atoms with Gasteiger partial charge in [-0.25, -0.2) is 0 Å². The van der Waals surface area contributed by atoms with Crippen molar-refractivity contribution in [3.05, 3.63) is 69.3 Å². The average molecular weight is 306 g/mol. The monoisotopic (exact) mass is 306 g/mol. The number of benzene rings is 2. The summed E-state index contributed by atoms with van der Waals surface area (Å²) < 4.78 is 2.10. The predicted molar refractivity (Wildman–Crippen MR) is 91.8 cm³/mol. The number of fused-ring (bicyclic) bond motifs is 3. The Balaban J connectivity index is 2.19. The van der Waals surface area contributed by atoms with Gasteiger partial charge < -0.3 is 0 Å². The molecule has 0 spiro atoms. The maximum atomic E-state index is 12.2. The summed E-state index contributed by atoms with van der Waals surface area (Å²) in [4.78, 5) is 18.3. The first kappa shape index (κ1) is 13.2. The summed E-state index contributed by atoms with van der Waals surface area (Å²) >= 11 is 1.56. The van der Waals surface area contributed by atoms with Crippen molar-refractivity contribution >= 4 is 27.2 Å². The highest BCUT2D eigenvalue weighted by Crippen LogP contribution is 2.32. The molecule has 0 aliphatic heterocycles. The molecule has 2 heterocycles. The molecule has 0 bridgehead atoms. The number of aromatic nitrogens is 2. The van der Waals surface area contributed by atoms with E-state index in [1.165, 1.54) is 5.56 Å². The first-order chi connectivity index (χ1) is 10.6. The van der Waals surface area contributed by atoms with Gasteiger partial charge in [0.25, 0.3) is 5.56 Å². The lowest BCUT2D eigenvalue weighted by Gasteiger charge is -2.07. The Morgan fingerprint density at radius 1 is 1.00 bits per heavy atom. The lowest BCUT2D eigenvalue weighted by molar-refractivity contribution is 1.17. The Morgan fingerprint density at radius 2 is 1.73 bits per heavy atom. The molecule has 22 heavy (non-hydrogen) atoms. The Bertz CT molecular complexity index is 1060.